The van der Waals surface area contributed by atoms with Crippen LogP contribution in [0.5, 0.6) is 0 Å². The second kappa shape index (κ2) is 9.76. The van der Waals surface area contributed by atoms with Gasteiger partial charge in [0, 0.05) is 45.5 Å². The number of rotatable bonds is 6. The maximum absolute atomic E-state index is 4.43. The minimum absolute atomic E-state index is 0.402. The van der Waals surface area contributed by atoms with E-state index in [9.17, 15) is 0 Å². The van der Waals surface area contributed by atoms with E-state index in [1.165, 1.54) is 12.8 Å². The second-order valence-corrected chi connectivity index (χ2v) is 8.18. The van der Waals surface area contributed by atoms with Gasteiger partial charge in [-0.2, -0.15) is 0 Å². The van der Waals surface area contributed by atoms with Gasteiger partial charge >= 0.3 is 0 Å². The number of aromatic nitrogens is 1. The van der Waals surface area contributed by atoms with E-state index < -0.39 is 0 Å². The van der Waals surface area contributed by atoms with Crippen LogP contribution < -0.4 is 10.6 Å². The van der Waals surface area contributed by atoms with Gasteiger partial charge in [-0.15, -0.1) is 0 Å². The summed E-state index contributed by atoms with van der Waals surface area (Å²) in [6.07, 6.45) is 6.57. The molecule has 1 aliphatic heterocycles. The Balaban J connectivity index is 1.66. The lowest BCUT2D eigenvalue weighted by Crippen LogP contribution is -2.48. The van der Waals surface area contributed by atoms with Crippen molar-refractivity contribution < 1.29 is 0 Å². The first kappa shape index (κ1) is 19.7. The summed E-state index contributed by atoms with van der Waals surface area (Å²) in [6.45, 7) is 11.0. The summed E-state index contributed by atoms with van der Waals surface area (Å²) in [5.74, 6) is 0.942. The molecule has 5 nitrogen and oxygen atoms in total. The van der Waals surface area contributed by atoms with E-state index in [0.717, 1.165) is 50.7 Å². The third-order valence-electron chi connectivity index (χ3n) is 4.66. The highest BCUT2D eigenvalue weighted by Crippen LogP contribution is 2.19. The normalized spacial score (nSPS) is 17.5. The Hall–Kier alpha value is -1.62. The van der Waals surface area contributed by atoms with Gasteiger partial charge in [0.25, 0.3) is 0 Å². The van der Waals surface area contributed by atoms with Gasteiger partial charge in [0.2, 0.25) is 0 Å². The summed E-state index contributed by atoms with van der Waals surface area (Å²) in [4.78, 5) is 11.3. The van der Waals surface area contributed by atoms with Crippen molar-refractivity contribution in [1.29, 1.82) is 0 Å². The van der Waals surface area contributed by atoms with Crippen LogP contribution in [0.2, 0.25) is 0 Å². The standard InChI is InChI=1S/C20H35N5/c1-20(2,3)11-7-13-23-19(21-4)24-17-9-14-25(15-10-17)16-18-8-5-6-12-22-18/h5-6,8,12,17H,7,9-11,13-16H2,1-4H3,(H2,21,23,24). The van der Waals surface area contributed by atoms with Crippen LogP contribution in [-0.2, 0) is 6.54 Å². The molecule has 25 heavy (non-hydrogen) atoms. The van der Waals surface area contributed by atoms with Gasteiger partial charge in [-0.3, -0.25) is 14.9 Å². The summed E-state index contributed by atoms with van der Waals surface area (Å²) in [5.41, 5.74) is 1.56. The van der Waals surface area contributed by atoms with Gasteiger partial charge in [0.1, 0.15) is 0 Å². The lowest BCUT2D eigenvalue weighted by molar-refractivity contribution is 0.196. The molecule has 2 rings (SSSR count). The average molecular weight is 346 g/mol. The molecule has 1 aromatic rings. The van der Waals surface area contributed by atoms with Crippen LogP contribution in [0.3, 0.4) is 0 Å². The second-order valence-electron chi connectivity index (χ2n) is 8.18. The van der Waals surface area contributed by atoms with Crippen molar-refractivity contribution in [1.82, 2.24) is 20.5 Å². The van der Waals surface area contributed by atoms with Gasteiger partial charge in [-0.25, -0.2) is 0 Å². The Bertz CT molecular complexity index is 513. The number of nitrogens with zero attached hydrogens (tertiary/aromatic N) is 3. The minimum atomic E-state index is 0.402. The van der Waals surface area contributed by atoms with E-state index in [0.29, 0.717) is 11.5 Å². The van der Waals surface area contributed by atoms with Crippen molar-refractivity contribution in [2.45, 2.75) is 59.0 Å². The summed E-state index contributed by atoms with van der Waals surface area (Å²) in [7, 11) is 1.86. The summed E-state index contributed by atoms with van der Waals surface area (Å²) >= 11 is 0. The number of aliphatic imine (C=N–C) groups is 1. The molecule has 0 aliphatic carbocycles. The minimum Gasteiger partial charge on any atom is -0.356 e. The van der Waals surface area contributed by atoms with Crippen LogP contribution in [-0.4, -0.2) is 48.6 Å². The van der Waals surface area contributed by atoms with E-state index in [4.69, 9.17) is 0 Å². The Morgan fingerprint density at radius 2 is 2.04 bits per heavy atom. The molecule has 5 heteroatoms. The maximum Gasteiger partial charge on any atom is 0.191 e. The zero-order valence-electron chi connectivity index (χ0n) is 16.4. The molecule has 0 amide bonds. The highest BCUT2D eigenvalue weighted by atomic mass is 15.2. The molecule has 2 N–H and O–H groups in total. The van der Waals surface area contributed by atoms with Crippen molar-refractivity contribution in [3.8, 4) is 0 Å². The summed E-state index contributed by atoms with van der Waals surface area (Å²) < 4.78 is 0. The molecule has 1 aromatic heterocycles. The van der Waals surface area contributed by atoms with Crippen molar-refractivity contribution in [2.75, 3.05) is 26.7 Å². The lowest BCUT2D eigenvalue weighted by atomic mass is 9.91. The molecule has 0 spiro atoms. The van der Waals surface area contributed by atoms with Crippen LogP contribution >= 0.6 is 0 Å². The molecule has 0 atom stereocenters. The number of piperidine rings is 1. The van der Waals surface area contributed by atoms with E-state index in [1.807, 2.05) is 19.3 Å². The first-order chi connectivity index (χ1) is 12.0. The molecule has 140 valence electrons. The highest BCUT2D eigenvalue weighted by molar-refractivity contribution is 5.79. The van der Waals surface area contributed by atoms with E-state index in [2.05, 4.69) is 58.4 Å². The molecule has 1 fully saturated rings. The van der Waals surface area contributed by atoms with Crippen LogP contribution in [0.4, 0.5) is 0 Å². The molecule has 0 aromatic carbocycles. The third-order valence-corrected chi connectivity index (χ3v) is 4.66. The van der Waals surface area contributed by atoms with Crippen molar-refractivity contribution in [3.63, 3.8) is 0 Å². The van der Waals surface area contributed by atoms with E-state index in [1.54, 1.807) is 0 Å². The zero-order chi connectivity index (χ0) is 18.1. The lowest BCUT2D eigenvalue weighted by Gasteiger charge is -2.32. The van der Waals surface area contributed by atoms with E-state index >= 15 is 0 Å². The first-order valence-electron chi connectivity index (χ1n) is 9.56. The predicted octanol–water partition coefficient (Wildman–Crippen LogP) is 3.04. The molecule has 0 radical (unpaired) electrons. The van der Waals surface area contributed by atoms with Crippen LogP contribution in [0, 0.1) is 5.41 Å². The molecule has 1 aliphatic rings. The molecule has 2 heterocycles. The molecular formula is C20H35N5. The monoisotopic (exact) mass is 345 g/mol. The number of nitrogens with one attached hydrogen (secondary N) is 2. The van der Waals surface area contributed by atoms with Gasteiger partial charge in [-0.1, -0.05) is 26.8 Å². The molecule has 0 unspecified atom stereocenters. The largest absolute Gasteiger partial charge is 0.356 e. The Morgan fingerprint density at radius 1 is 1.28 bits per heavy atom. The van der Waals surface area contributed by atoms with Crippen molar-refractivity contribution >= 4 is 5.96 Å². The third kappa shape index (κ3) is 7.86. The summed E-state index contributed by atoms with van der Waals surface area (Å²) in [5, 5.41) is 7.04. The van der Waals surface area contributed by atoms with Crippen LogP contribution in [0.15, 0.2) is 29.4 Å². The van der Waals surface area contributed by atoms with E-state index in [-0.39, 0.29) is 0 Å². The van der Waals surface area contributed by atoms with Crippen LogP contribution in [0.1, 0.15) is 52.1 Å². The Kier molecular flexibility index (Phi) is 7.69. The maximum atomic E-state index is 4.43. The fraction of sp³-hybridized carbons (Fsp3) is 0.700. The Labute approximate surface area is 153 Å². The Morgan fingerprint density at radius 3 is 2.64 bits per heavy atom. The highest BCUT2D eigenvalue weighted by Gasteiger charge is 2.20. The number of hydrogen-bond donors (Lipinski definition) is 2. The average Bonchev–Trinajstić information content (AvgIpc) is 2.59. The zero-order valence-corrected chi connectivity index (χ0v) is 16.4. The summed E-state index contributed by atoms with van der Waals surface area (Å²) in [6, 6.07) is 6.65. The number of guanidine groups is 1. The molecule has 1 saturated heterocycles. The van der Waals surface area contributed by atoms with Crippen LogP contribution in [0.25, 0.3) is 0 Å². The van der Waals surface area contributed by atoms with Gasteiger partial charge in [0.05, 0.1) is 5.69 Å². The van der Waals surface area contributed by atoms with Crippen molar-refractivity contribution in [3.05, 3.63) is 30.1 Å². The number of pyridine rings is 1. The fourth-order valence-electron chi connectivity index (χ4n) is 3.17. The smallest absolute Gasteiger partial charge is 0.191 e. The quantitative estimate of drug-likeness (QED) is 0.473. The van der Waals surface area contributed by atoms with Gasteiger partial charge in [-0.05, 0) is 43.2 Å². The predicted molar refractivity (Wildman–Crippen MR) is 106 cm³/mol. The number of hydrogen-bond acceptors (Lipinski definition) is 3. The molecule has 0 bridgehead atoms. The first-order valence-corrected chi connectivity index (χ1v) is 9.56. The molecule has 0 saturated carbocycles. The van der Waals surface area contributed by atoms with Gasteiger partial charge in [0.15, 0.2) is 5.96 Å². The fourth-order valence-corrected chi connectivity index (χ4v) is 3.17. The van der Waals surface area contributed by atoms with Crippen molar-refractivity contribution in [2.24, 2.45) is 10.4 Å². The molecular weight excluding hydrogens is 310 g/mol. The van der Waals surface area contributed by atoms with Gasteiger partial charge < -0.3 is 10.6 Å². The SMILES string of the molecule is CN=C(NCCCC(C)(C)C)NC1CCN(Cc2ccccn2)CC1. The topological polar surface area (TPSA) is 52.6 Å². The number of likely N-dealkylation sites (tertiary alicyclic amines) is 1.